The highest BCUT2D eigenvalue weighted by Gasteiger charge is 2.39. The van der Waals surface area contributed by atoms with Crippen LogP contribution in [0.15, 0.2) is 24.5 Å². The summed E-state index contributed by atoms with van der Waals surface area (Å²) in [6.07, 6.45) is 12.5. The van der Waals surface area contributed by atoms with Crippen molar-refractivity contribution in [1.29, 1.82) is 0 Å². The second-order valence-corrected chi connectivity index (χ2v) is 5.99. The molecule has 0 amide bonds. The molecule has 2 fully saturated rings. The van der Waals surface area contributed by atoms with E-state index in [9.17, 15) is 0 Å². The van der Waals surface area contributed by atoms with Gasteiger partial charge in [0, 0.05) is 25.0 Å². The molecule has 1 aliphatic heterocycles. The average Bonchev–Trinajstić information content (AvgIpc) is 2.88. The van der Waals surface area contributed by atoms with Gasteiger partial charge in [-0.15, -0.1) is 0 Å². The van der Waals surface area contributed by atoms with Crippen LogP contribution in [0.5, 0.6) is 0 Å². The largest absolute Gasteiger partial charge is 0.375 e. The summed E-state index contributed by atoms with van der Waals surface area (Å²) in [6.45, 7) is 1.98. The smallest absolute Gasteiger partial charge is 0.0697 e. The first-order valence-electron chi connectivity index (χ1n) is 7.63. The van der Waals surface area contributed by atoms with Gasteiger partial charge in [-0.3, -0.25) is 4.98 Å². The van der Waals surface area contributed by atoms with Crippen molar-refractivity contribution in [2.24, 2.45) is 0 Å². The Morgan fingerprint density at radius 3 is 3.05 bits per heavy atom. The molecule has 1 unspecified atom stereocenters. The van der Waals surface area contributed by atoms with Crippen LogP contribution < -0.4 is 5.32 Å². The second kappa shape index (κ2) is 6.02. The molecule has 104 valence electrons. The van der Waals surface area contributed by atoms with Gasteiger partial charge in [-0.05, 0) is 50.3 Å². The first kappa shape index (κ1) is 13.1. The van der Waals surface area contributed by atoms with Gasteiger partial charge < -0.3 is 10.1 Å². The minimum absolute atomic E-state index is 0.226. The van der Waals surface area contributed by atoms with Crippen LogP contribution in [0, 0.1) is 0 Å². The normalized spacial score (nSPS) is 25.8. The summed E-state index contributed by atoms with van der Waals surface area (Å²) >= 11 is 0. The van der Waals surface area contributed by atoms with Gasteiger partial charge in [0.2, 0.25) is 0 Å². The summed E-state index contributed by atoms with van der Waals surface area (Å²) in [7, 11) is 0. The summed E-state index contributed by atoms with van der Waals surface area (Å²) in [5.41, 5.74) is 1.54. The van der Waals surface area contributed by atoms with E-state index in [1.165, 1.54) is 37.7 Å². The Hall–Kier alpha value is -0.930. The Morgan fingerprint density at radius 1 is 1.37 bits per heavy atom. The highest BCUT2D eigenvalue weighted by Crippen LogP contribution is 2.39. The Kier molecular flexibility index (Phi) is 4.14. The van der Waals surface area contributed by atoms with Crippen molar-refractivity contribution in [3.8, 4) is 0 Å². The van der Waals surface area contributed by atoms with Gasteiger partial charge in [0.25, 0.3) is 0 Å². The van der Waals surface area contributed by atoms with E-state index >= 15 is 0 Å². The molecule has 1 spiro atoms. The molecular formula is C16H24N2O. The number of aromatic nitrogens is 1. The summed E-state index contributed by atoms with van der Waals surface area (Å²) < 4.78 is 6.07. The lowest BCUT2D eigenvalue weighted by Crippen LogP contribution is -2.46. The number of rotatable bonds is 4. The maximum absolute atomic E-state index is 6.07. The summed E-state index contributed by atoms with van der Waals surface area (Å²) in [4.78, 5) is 4.16. The van der Waals surface area contributed by atoms with Gasteiger partial charge in [0.05, 0.1) is 5.60 Å². The molecule has 3 rings (SSSR count). The average molecular weight is 260 g/mol. The van der Waals surface area contributed by atoms with Crippen molar-refractivity contribution in [2.45, 2.75) is 56.6 Å². The van der Waals surface area contributed by atoms with E-state index in [0.29, 0.717) is 6.04 Å². The van der Waals surface area contributed by atoms with Crippen LogP contribution in [0.2, 0.25) is 0 Å². The molecular weight excluding hydrogens is 236 g/mol. The first-order valence-corrected chi connectivity index (χ1v) is 7.63. The van der Waals surface area contributed by atoms with Crippen LogP contribution in [0.4, 0.5) is 0 Å². The number of hydrogen-bond donors (Lipinski definition) is 1. The number of nitrogens with zero attached hydrogens (tertiary/aromatic N) is 1. The number of pyridine rings is 1. The molecule has 1 aromatic heterocycles. The zero-order valence-electron chi connectivity index (χ0n) is 11.6. The highest BCUT2D eigenvalue weighted by atomic mass is 16.5. The minimum Gasteiger partial charge on any atom is -0.375 e. The molecule has 0 aromatic carbocycles. The van der Waals surface area contributed by atoms with E-state index in [1.807, 2.05) is 18.5 Å². The van der Waals surface area contributed by atoms with Crippen molar-refractivity contribution in [3.63, 3.8) is 0 Å². The van der Waals surface area contributed by atoms with E-state index in [1.54, 1.807) is 0 Å². The van der Waals surface area contributed by atoms with E-state index in [4.69, 9.17) is 4.74 Å². The zero-order chi connectivity index (χ0) is 13.0. The quantitative estimate of drug-likeness (QED) is 0.904. The predicted octanol–water partition coefficient (Wildman–Crippen LogP) is 2.71. The van der Waals surface area contributed by atoms with Crippen LogP contribution in [-0.2, 0) is 11.2 Å². The summed E-state index contributed by atoms with van der Waals surface area (Å²) in [5.74, 6) is 0. The van der Waals surface area contributed by atoms with E-state index < -0.39 is 0 Å². The molecule has 1 aliphatic carbocycles. The van der Waals surface area contributed by atoms with Crippen LogP contribution in [0.1, 0.15) is 44.1 Å². The van der Waals surface area contributed by atoms with Crippen LogP contribution in [0.3, 0.4) is 0 Å². The van der Waals surface area contributed by atoms with Crippen molar-refractivity contribution >= 4 is 0 Å². The fraction of sp³-hybridized carbons (Fsp3) is 0.688. The third-order valence-corrected chi connectivity index (χ3v) is 4.58. The van der Waals surface area contributed by atoms with E-state index in [2.05, 4.69) is 16.4 Å². The molecule has 3 nitrogen and oxygen atoms in total. The summed E-state index contributed by atoms with van der Waals surface area (Å²) in [6, 6.07) is 4.80. The van der Waals surface area contributed by atoms with Gasteiger partial charge in [-0.25, -0.2) is 0 Å². The number of hydrogen-bond acceptors (Lipinski definition) is 3. The first-order chi connectivity index (χ1) is 9.36. The van der Waals surface area contributed by atoms with Crippen molar-refractivity contribution in [1.82, 2.24) is 10.3 Å². The molecule has 1 atom stereocenters. The molecule has 1 saturated heterocycles. The molecule has 1 aromatic rings. The van der Waals surface area contributed by atoms with Gasteiger partial charge >= 0.3 is 0 Å². The molecule has 1 N–H and O–H groups in total. The van der Waals surface area contributed by atoms with Gasteiger partial charge in [0.15, 0.2) is 0 Å². The third-order valence-electron chi connectivity index (χ3n) is 4.58. The highest BCUT2D eigenvalue weighted by molar-refractivity contribution is 5.08. The van der Waals surface area contributed by atoms with Crippen LogP contribution >= 0.6 is 0 Å². The molecule has 19 heavy (non-hydrogen) atoms. The lowest BCUT2D eigenvalue weighted by Gasteiger charge is -2.38. The Labute approximate surface area is 115 Å². The maximum Gasteiger partial charge on any atom is 0.0697 e. The van der Waals surface area contributed by atoms with Crippen molar-refractivity contribution in [3.05, 3.63) is 30.1 Å². The maximum atomic E-state index is 6.07. The molecule has 2 aliphatic rings. The molecule has 2 heterocycles. The topological polar surface area (TPSA) is 34.2 Å². The fourth-order valence-corrected chi connectivity index (χ4v) is 3.54. The number of nitrogens with one attached hydrogen (secondary N) is 1. The minimum atomic E-state index is 0.226. The van der Waals surface area contributed by atoms with E-state index in [0.717, 1.165) is 26.0 Å². The monoisotopic (exact) mass is 260 g/mol. The Balaban J connectivity index is 1.45. The zero-order valence-corrected chi connectivity index (χ0v) is 11.6. The predicted molar refractivity (Wildman–Crippen MR) is 76.1 cm³/mol. The molecule has 1 saturated carbocycles. The molecule has 0 radical (unpaired) electrons. The summed E-state index contributed by atoms with van der Waals surface area (Å²) in [5, 5.41) is 3.71. The van der Waals surface area contributed by atoms with Crippen LogP contribution in [0.25, 0.3) is 0 Å². The van der Waals surface area contributed by atoms with E-state index in [-0.39, 0.29) is 5.60 Å². The lowest BCUT2D eigenvalue weighted by molar-refractivity contribution is -0.0834. The second-order valence-electron chi connectivity index (χ2n) is 5.99. The Bertz CT molecular complexity index is 387. The Morgan fingerprint density at radius 2 is 2.26 bits per heavy atom. The lowest BCUT2D eigenvalue weighted by atomic mass is 9.89. The standard InChI is InChI=1S/C16H24N2O/c1-2-8-16(7-1)12-15(6-11-19-16)18-10-5-14-4-3-9-17-13-14/h3-4,9,13,15,18H,1-2,5-8,10-12H2. The van der Waals surface area contributed by atoms with Crippen LogP contribution in [-0.4, -0.2) is 29.8 Å². The number of ether oxygens (including phenoxy) is 1. The van der Waals surface area contributed by atoms with Gasteiger partial charge in [-0.1, -0.05) is 18.9 Å². The molecule has 3 heteroatoms. The van der Waals surface area contributed by atoms with Crippen molar-refractivity contribution < 1.29 is 4.74 Å². The van der Waals surface area contributed by atoms with Crippen molar-refractivity contribution in [2.75, 3.05) is 13.2 Å². The van der Waals surface area contributed by atoms with Gasteiger partial charge in [0.1, 0.15) is 0 Å². The molecule has 0 bridgehead atoms. The fourth-order valence-electron chi connectivity index (χ4n) is 3.54. The third kappa shape index (κ3) is 3.34. The van der Waals surface area contributed by atoms with Gasteiger partial charge in [-0.2, -0.15) is 0 Å². The SMILES string of the molecule is c1cncc(CCNC2CCOC3(CCCC3)C2)c1.